The van der Waals surface area contributed by atoms with Crippen LogP contribution in [-0.2, 0) is 14.9 Å². The SMILES string of the molecule is C.Cc1ccc(N2CCN(CCC3CC(c4ccccc4)(c4ccccc4)C(=O)O3)CC2)cc1. The van der Waals surface area contributed by atoms with Gasteiger partial charge < -0.3 is 9.64 Å². The third kappa shape index (κ3) is 4.74. The number of nitrogens with zero attached hydrogens (tertiary/aromatic N) is 2. The van der Waals surface area contributed by atoms with Crippen molar-refractivity contribution in [2.75, 3.05) is 37.6 Å². The monoisotopic (exact) mass is 456 g/mol. The van der Waals surface area contributed by atoms with Gasteiger partial charge in [0.2, 0.25) is 0 Å². The molecular formula is C30H36N2O2. The van der Waals surface area contributed by atoms with Crippen molar-refractivity contribution in [3.63, 3.8) is 0 Å². The zero-order valence-electron chi connectivity index (χ0n) is 19.3. The molecule has 3 aromatic rings. The van der Waals surface area contributed by atoms with Crippen LogP contribution in [0.5, 0.6) is 0 Å². The molecule has 0 aliphatic carbocycles. The summed E-state index contributed by atoms with van der Waals surface area (Å²) in [4.78, 5) is 18.3. The molecular weight excluding hydrogens is 420 g/mol. The van der Waals surface area contributed by atoms with Gasteiger partial charge in [-0.3, -0.25) is 9.69 Å². The van der Waals surface area contributed by atoms with Gasteiger partial charge in [0, 0.05) is 44.8 Å². The number of piperazine rings is 1. The van der Waals surface area contributed by atoms with Crippen LogP contribution in [0.4, 0.5) is 5.69 Å². The summed E-state index contributed by atoms with van der Waals surface area (Å²) in [5.74, 6) is -0.117. The van der Waals surface area contributed by atoms with E-state index >= 15 is 0 Å². The predicted molar refractivity (Wildman–Crippen MR) is 139 cm³/mol. The van der Waals surface area contributed by atoms with E-state index in [9.17, 15) is 4.79 Å². The quantitative estimate of drug-likeness (QED) is 0.462. The molecule has 2 saturated heterocycles. The minimum absolute atomic E-state index is 0. The van der Waals surface area contributed by atoms with Crippen molar-refractivity contribution >= 4 is 11.7 Å². The van der Waals surface area contributed by atoms with Gasteiger partial charge in [0.25, 0.3) is 0 Å². The van der Waals surface area contributed by atoms with Crippen LogP contribution in [0.15, 0.2) is 84.9 Å². The number of aryl methyl sites for hydroxylation is 1. The summed E-state index contributed by atoms with van der Waals surface area (Å²) >= 11 is 0. The summed E-state index contributed by atoms with van der Waals surface area (Å²) in [5.41, 5.74) is 3.94. The molecule has 1 unspecified atom stereocenters. The normalized spacial score (nSPS) is 20.0. The van der Waals surface area contributed by atoms with Crippen molar-refractivity contribution in [3.8, 4) is 0 Å². The molecule has 34 heavy (non-hydrogen) atoms. The van der Waals surface area contributed by atoms with E-state index in [2.05, 4.69) is 65.3 Å². The molecule has 0 saturated carbocycles. The Kier molecular flexibility index (Phi) is 7.38. The lowest BCUT2D eigenvalue weighted by atomic mass is 9.72. The lowest BCUT2D eigenvalue weighted by Gasteiger charge is -2.36. The standard InChI is InChI=1S/C29H32N2O2.CH4/c1-23-12-14-26(15-13-23)31-20-18-30(19-21-31)17-16-27-22-29(28(32)33-27,24-8-4-2-5-9-24)25-10-6-3-7-11-25;/h2-15,27H,16-22H2,1H3;1H4. The highest BCUT2D eigenvalue weighted by atomic mass is 16.6. The first-order valence-electron chi connectivity index (χ1n) is 12.0. The van der Waals surface area contributed by atoms with Crippen molar-refractivity contribution in [1.82, 2.24) is 4.90 Å². The fraction of sp³-hybridized carbons (Fsp3) is 0.367. The van der Waals surface area contributed by atoms with Gasteiger partial charge in [-0.05, 0) is 36.6 Å². The Balaban J connectivity index is 0.00000274. The van der Waals surface area contributed by atoms with E-state index in [0.29, 0.717) is 6.42 Å². The summed E-state index contributed by atoms with van der Waals surface area (Å²) in [5, 5.41) is 0. The predicted octanol–water partition coefficient (Wildman–Crippen LogP) is 5.45. The largest absolute Gasteiger partial charge is 0.461 e. The lowest BCUT2D eigenvalue weighted by Crippen LogP contribution is -2.47. The van der Waals surface area contributed by atoms with Crippen molar-refractivity contribution in [2.24, 2.45) is 0 Å². The van der Waals surface area contributed by atoms with Gasteiger partial charge in [-0.25, -0.2) is 0 Å². The van der Waals surface area contributed by atoms with E-state index < -0.39 is 5.41 Å². The van der Waals surface area contributed by atoms with Crippen LogP contribution in [0.1, 0.15) is 37.0 Å². The van der Waals surface area contributed by atoms with Gasteiger partial charge in [0.1, 0.15) is 11.5 Å². The van der Waals surface area contributed by atoms with Gasteiger partial charge in [0.15, 0.2) is 0 Å². The maximum absolute atomic E-state index is 13.3. The molecule has 2 heterocycles. The number of esters is 1. The van der Waals surface area contributed by atoms with E-state index in [4.69, 9.17) is 4.74 Å². The van der Waals surface area contributed by atoms with Crippen LogP contribution < -0.4 is 4.90 Å². The zero-order chi connectivity index (χ0) is 22.7. The molecule has 3 aromatic carbocycles. The number of carbonyl (C=O) groups is 1. The molecule has 0 radical (unpaired) electrons. The summed E-state index contributed by atoms with van der Waals surface area (Å²) in [6.07, 6.45) is 1.51. The summed E-state index contributed by atoms with van der Waals surface area (Å²) in [7, 11) is 0. The number of cyclic esters (lactones) is 1. The smallest absolute Gasteiger partial charge is 0.321 e. The fourth-order valence-electron chi connectivity index (χ4n) is 5.27. The van der Waals surface area contributed by atoms with Crippen molar-refractivity contribution in [2.45, 2.75) is 38.7 Å². The van der Waals surface area contributed by atoms with Crippen LogP contribution in [-0.4, -0.2) is 49.7 Å². The van der Waals surface area contributed by atoms with Crippen LogP contribution in [0, 0.1) is 6.92 Å². The topological polar surface area (TPSA) is 32.8 Å². The van der Waals surface area contributed by atoms with Crippen molar-refractivity contribution in [3.05, 3.63) is 102 Å². The molecule has 2 fully saturated rings. The molecule has 5 rings (SSSR count). The molecule has 0 bridgehead atoms. The number of hydrogen-bond acceptors (Lipinski definition) is 4. The average Bonchev–Trinajstić information content (AvgIpc) is 3.22. The third-order valence-electron chi connectivity index (χ3n) is 7.23. The molecule has 178 valence electrons. The lowest BCUT2D eigenvalue weighted by molar-refractivity contribution is -0.144. The number of rotatable bonds is 6. The molecule has 0 aromatic heterocycles. The highest BCUT2D eigenvalue weighted by Gasteiger charge is 2.51. The maximum Gasteiger partial charge on any atom is 0.321 e. The second kappa shape index (κ2) is 10.4. The third-order valence-corrected chi connectivity index (χ3v) is 7.23. The maximum atomic E-state index is 13.3. The Morgan fingerprint density at radius 2 is 1.38 bits per heavy atom. The fourth-order valence-corrected chi connectivity index (χ4v) is 5.27. The minimum atomic E-state index is -0.711. The van der Waals surface area contributed by atoms with E-state index in [1.54, 1.807) is 0 Å². The Hall–Kier alpha value is -3.11. The summed E-state index contributed by atoms with van der Waals surface area (Å²) in [6.45, 7) is 7.23. The van der Waals surface area contributed by atoms with Gasteiger partial charge in [-0.2, -0.15) is 0 Å². The molecule has 1 atom stereocenters. The van der Waals surface area contributed by atoms with Crippen LogP contribution in [0.25, 0.3) is 0 Å². The molecule has 2 aliphatic heterocycles. The average molecular weight is 457 g/mol. The van der Waals surface area contributed by atoms with E-state index in [1.165, 1.54) is 11.3 Å². The number of anilines is 1. The molecule has 4 heteroatoms. The van der Waals surface area contributed by atoms with E-state index in [1.807, 2.05) is 36.4 Å². The van der Waals surface area contributed by atoms with Crippen LogP contribution in [0.3, 0.4) is 0 Å². The van der Waals surface area contributed by atoms with Gasteiger partial charge >= 0.3 is 5.97 Å². The number of carbonyl (C=O) groups excluding carboxylic acids is 1. The first kappa shape index (κ1) is 24.0. The Bertz CT molecular complexity index is 1020. The minimum Gasteiger partial charge on any atom is -0.461 e. The number of hydrogen-bond donors (Lipinski definition) is 0. The highest BCUT2D eigenvalue weighted by molar-refractivity contribution is 5.89. The van der Waals surface area contributed by atoms with Gasteiger partial charge in [-0.15, -0.1) is 0 Å². The van der Waals surface area contributed by atoms with E-state index in [-0.39, 0.29) is 19.5 Å². The summed E-state index contributed by atoms with van der Waals surface area (Å²) in [6, 6.07) is 29.1. The second-order valence-electron chi connectivity index (χ2n) is 9.32. The highest BCUT2D eigenvalue weighted by Crippen LogP contribution is 2.44. The second-order valence-corrected chi connectivity index (χ2v) is 9.32. The summed E-state index contributed by atoms with van der Waals surface area (Å²) < 4.78 is 6.00. The number of benzene rings is 3. The van der Waals surface area contributed by atoms with Gasteiger partial charge in [-0.1, -0.05) is 85.8 Å². The van der Waals surface area contributed by atoms with Crippen LogP contribution in [0.2, 0.25) is 0 Å². The molecule has 0 N–H and O–H groups in total. The molecule has 4 nitrogen and oxygen atoms in total. The zero-order valence-corrected chi connectivity index (χ0v) is 19.3. The first-order chi connectivity index (χ1) is 16.1. The van der Waals surface area contributed by atoms with Crippen molar-refractivity contribution < 1.29 is 9.53 Å². The molecule has 0 amide bonds. The van der Waals surface area contributed by atoms with Gasteiger partial charge in [0.05, 0.1) is 0 Å². The molecule has 0 spiro atoms. The Morgan fingerprint density at radius 1 is 0.824 bits per heavy atom. The first-order valence-corrected chi connectivity index (χ1v) is 12.0. The molecule has 2 aliphatic rings. The van der Waals surface area contributed by atoms with Crippen LogP contribution >= 0.6 is 0 Å². The Labute approximate surface area is 204 Å². The van der Waals surface area contributed by atoms with Crippen molar-refractivity contribution in [1.29, 1.82) is 0 Å². The Morgan fingerprint density at radius 3 is 1.94 bits per heavy atom. The van der Waals surface area contributed by atoms with E-state index in [0.717, 1.165) is 50.3 Å². The number of ether oxygens (including phenoxy) is 1.